The summed E-state index contributed by atoms with van der Waals surface area (Å²) in [6, 6.07) is 6.49. The molecule has 0 spiro atoms. The number of halogens is 1. The minimum Gasteiger partial charge on any atom is -0.355 e. The van der Waals surface area contributed by atoms with Crippen molar-refractivity contribution in [3.8, 4) is 0 Å². The number of piperidine rings is 1. The molecule has 0 bridgehead atoms. The van der Waals surface area contributed by atoms with Crippen molar-refractivity contribution in [2.75, 3.05) is 29.9 Å². The van der Waals surface area contributed by atoms with Crippen LogP contribution in [0.4, 0.5) is 11.8 Å². The Morgan fingerprint density at radius 2 is 2.04 bits per heavy atom. The van der Waals surface area contributed by atoms with E-state index in [1.54, 1.807) is 0 Å². The van der Waals surface area contributed by atoms with E-state index in [0.717, 1.165) is 53.6 Å². The molecule has 1 saturated heterocycles. The third-order valence-corrected chi connectivity index (χ3v) is 5.21. The fourth-order valence-electron chi connectivity index (χ4n) is 2.95. The number of pyridine rings is 1. The molecule has 3 rings (SSSR count). The molecule has 5 nitrogen and oxygen atoms in total. The highest BCUT2D eigenvalue weighted by atomic mass is 79.9. The topological polar surface area (TPSA) is 45.2 Å². The van der Waals surface area contributed by atoms with Crippen LogP contribution in [-0.4, -0.2) is 41.1 Å². The van der Waals surface area contributed by atoms with Crippen LogP contribution in [0.25, 0.3) is 0 Å². The Hall–Kier alpha value is -1.69. The van der Waals surface area contributed by atoms with Gasteiger partial charge in [-0.1, -0.05) is 0 Å². The fourth-order valence-corrected chi connectivity index (χ4v) is 3.18. The molecule has 1 aliphatic rings. The van der Waals surface area contributed by atoms with Crippen LogP contribution in [0, 0.1) is 13.8 Å². The lowest BCUT2D eigenvalue weighted by atomic mass is 10.0. The first-order valence-corrected chi connectivity index (χ1v) is 8.74. The molecule has 23 heavy (non-hydrogen) atoms. The molecule has 0 amide bonds. The molecule has 2 aromatic rings. The summed E-state index contributed by atoms with van der Waals surface area (Å²) in [4.78, 5) is 18.2. The summed E-state index contributed by atoms with van der Waals surface area (Å²) in [5, 5.41) is 0. The predicted molar refractivity (Wildman–Crippen MR) is 97.1 cm³/mol. The fraction of sp³-hybridized carbons (Fsp3) is 0.471. The zero-order valence-corrected chi connectivity index (χ0v) is 15.4. The number of rotatable bonds is 3. The van der Waals surface area contributed by atoms with Gasteiger partial charge in [-0.15, -0.1) is 0 Å². The standard InChI is InChI=1S/C17H22BrN5/c1-12-8-9-19-17(20-12)22(3)14-5-4-10-23(11-14)16-7-6-15(18)13(2)21-16/h6-9,14H,4-5,10-11H2,1-3H3. The van der Waals surface area contributed by atoms with Gasteiger partial charge in [-0.05, 0) is 60.8 Å². The van der Waals surface area contributed by atoms with Crippen LogP contribution >= 0.6 is 15.9 Å². The van der Waals surface area contributed by atoms with E-state index in [-0.39, 0.29) is 0 Å². The Labute approximate surface area is 145 Å². The van der Waals surface area contributed by atoms with E-state index in [1.807, 2.05) is 26.1 Å². The maximum atomic E-state index is 4.71. The quantitative estimate of drug-likeness (QED) is 0.822. The molecule has 0 saturated carbocycles. The van der Waals surface area contributed by atoms with Crippen molar-refractivity contribution in [3.63, 3.8) is 0 Å². The van der Waals surface area contributed by atoms with E-state index < -0.39 is 0 Å². The van der Waals surface area contributed by atoms with Gasteiger partial charge in [0.05, 0.1) is 5.69 Å². The lowest BCUT2D eigenvalue weighted by molar-refractivity contribution is 0.480. The molecule has 0 aliphatic carbocycles. The van der Waals surface area contributed by atoms with E-state index in [0.29, 0.717) is 6.04 Å². The molecular formula is C17H22BrN5. The first kappa shape index (κ1) is 16.2. The molecular weight excluding hydrogens is 354 g/mol. The number of anilines is 2. The van der Waals surface area contributed by atoms with Crippen LogP contribution in [0.15, 0.2) is 28.9 Å². The molecule has 1 aliphatic heterocycles. The highest BCUT2D eigenvalue weighted by Crippen LogP contribution is 2.24. The average molecular weight is 376 g/mol. The van der Waals surface area contributed by atoms with E-state index >= 15 is 0 Å². The molecule has 0 radical (unpaired) electrons. The van der Waals surface area contributed by atoms with E-state index in [2.05, 4.69) is 54.9 Å². The Morgan fingerprint density at radius 3 is 2.78 bits per heavy atom. The number of aryl methyl sites for hydroxylation is 2. The Kier molecular flexibility index (Phi) is 4.80. The summed E-state index contributed by atoms with van der Waals surface area (Å²) in [6.45, 7) is 6.03. The molecule has 1 fully saturated rings. The molecule has 2 aromatic heterocycles. The van der Waals surface area contributed by atoms with Crippen molar-refractivity contribution in [3.05, 3.63) is 40.3 Å². The van der Waals surface area contributed by atoms with Gasteiger partial charge in [-0.3, -0.25) is 0 Å². The smallest absolute Gasteiger partial charge is 0.225 e. The summed E-state index contributed by atoms with van der Waals surface area (Å²) in [7, 11) is 2.09. The highest BCUT2D eigenvalue weighted by Gasteiger charge is 2.25. The zero-order chi connectivity index (χ0) is 16.4. The molecule has 1 atom stereocenters. The summed E-state index contributed by atoms with van der Waals surface area (Å²) in [5.41, 5.74) is 2.03. The molecule has 1 unspecified atom stereocenters. The van der Waals surface area contributed by atoms with Gasteiger partial charge in [0.2, 0.25) is 5.95 Å². The minimum atomic E-state index is 0.399. The van der Waals surface area contributed by atoms with Crippen molar-refractivity contribution in [2.45, 2.75) is 32.7 Å². The van der Waals surface area contributed by atoms with Crippen molar-refractivity contribution in [1.82, 2.24) is 15.0 Å². The van der Waals surface area contributed by atoms with Crippen LogP contribution < -0.4 is 9.80 Å². The van der Waals surface area contributed by atoms with Gasteiger partial charge < -0.3 is 9.80 Å². The number of nitrogens with zero attached hydrogens (tertiary/aromatic N) is 5. The second kappa shape index (κ2) is 6.83. The van der Waals surface area contributed by atoms with Crippen LogP contribution in [0.2, 0.25) is 0 Å². The first-order chi connectivity index (χ1) is 11.0. The van der Waals surface area contributed by atoms with Crippen LogP contribution in [-0.2, 0) is 0 Å². The Morgan fingerprint density at radius 1 is 1.22 bits per heavy atom. The van der Waals surface area contributed by atoms with Gasteiger partial charge >= 0.3 is 0 Å². The van der Waals surface area contributed by atoms with E-state index in [9.17, 15) is 0 Å². The number of hydrogen-bond donors (Lipinski definition) is 0. The molecule has 122 valence electrons. The second-order valence-electron chi connectivity index (χ2n) is 6.09. The van der Waals surface area contributed by atoms with Crippen molar-refractivity contribution in [2.24, 2.45) is 0 Å². The number of likely N-dealkylation sites (N-methyl/N-ethyl adjacent to an activating group) is 1. The van der Waals surface area contributed by atoms with Crippen molar-refractivity contribution < 1.29 is 0 Å². The third-order valence-electron chi connectivity index (χ3n) is 4.37. The third kappa shape index (κ3) is 3.63. The zero-order valence-electron chi connectivity index (χ0n) is 13.8. The summed E-state index contributed by atoms with van der Waals surface area (Å²) < 4.78 is 1.06. The lowest BCUT2D eigenvalue weighted by Crippen LogP contribution is -2.47. The van der Waals surface area contributed by atoms with E-state index in [4.69, 9.17) is 4.98 Å². The summed E-state index contributed by atoms with van der Waals surface area (Å²) in [5.74, 6) is 1.85. The maximum Gasteiger partial charge on any atom is 0.225 e. The second-order valence-corrected chi connectivity index (χ2v) is 6.94. The number of hydrogen-bond acceptors (Lipinski definition) is 5. The average Bonchev–Trinajstić information content (AvgIpc) is 2.57. The highest BCUT2D eigenvalue weighted by molar-refractivity contribution is 9.10. The minimum absolute atomic E-state index is 0.399. The maximum absolute atomic E-state index is 4.71. The van der Waals surface area contributed by atoms with Gasteiger partial charge in [0.1, 0.15) is 5.82 Å². The summed E-state index contributed by atoms with van der Waals surface area (Å²) >= 11 is 3.52. The van der Waals surface area contributed by atoms with E-state index in [1.165, 1.54) is 0 Å². The van der Waals surface area contributed by atoms with Crippen molar-refractivity contribution in [1.29, 1.82) is 0 Å². The monoisotopic (exact) mass is 375 g/mol. The van der Waals surface area contributed by atoms with Gasteiger partial charge in [-0.2, -0.15) is 0 Å². The largest absolute Gasteiger partial charge is 0.355 e. The normalized spacial score (nSPS) is 18.1. The molecule has 0 aromatic carbocycles. The molecule has 3 heterocycles. The van der Waals surface area contributed by atoms with Crippen molar-refractivity contribution >= 4 is 27.7 Å². The van der Waals surface area contributed by atoms with Gasteiger partial charge in [-0.25, -0.2) is 15.0 Å². The lowest BCUT2D eigenvalue weighted by Gasteiger charge is -2.38. The predicted octanol–water partition coefficient (Wildman–Crippen LogP) is 3.36. The first-order valence-electron chi connectivity index (χ1n) is 7.95. The van der Waals surface area contributed by atoms with Gasteiger partial charge in [0, 0.05) is 42.5 Å². The van der Waals surface area contributed by atoms with Gasteiger partial charge in [0.25, 0.3) is 0 Å². The molecule has 0 N–H and O–H groups in total. The Balaban J connectivity index is 1.76. The van der Waals surface area contributed by atoms with Crippen LogP contribution in [0.3, 0.4) is 0 Å². The molecule has 6 heteroatoms. The Bertz CT molecular complexity index is 690. The van der Waals surface area contributed by atoms with Crippen LogP contribution in [0.1, 0.15) is 24.2 Å². The van der Waals surface area contributed by atoms with Gasteiger partial charge in [0.15, 0.2) is 0 Å². The summed E-state index contributed by atoms with van der Waals surface area (Å²) in [6.07, 6.45) is 4.13. The van der Waals surface area contributed by atoms with Crippen LogP contribution in [0.5, 0.6) is 0 Å². The number of aromatic nitrogens is 3. The SMILES string of the molecule is Cc1ccnc(N(C)C2CCCN(c3ccc(Br)c(C)n3)C2)n1.